The maximum absolute atomic E-state index is 12.6. The number of Topliss-reactive ketones (excluding diaryl/α,β-unsaturated/α-hetero) is 1. The Bertz CT molecular complexity index is 315. The molecular formula is C13H22O5. The third-order valence-corrected chi connectivity index (χ3v) is 3.46. The zero-order valence-electron chi connectivity index (χ0n) is 11.6. The SMILES string of the molecule is CCOC(=O)C(C)(C)C(=O)C1(OC)CCOCC1. The van der Waals surface area contributed by atoms with Gasteiger partial charge in [0, 0.05) is 33.2 Å². The number of rotatable bonds is 5. The van der Waals surface area contributed by atoms with Crippen LogP contribution in [-0.4, -0.2) is 44.3 Å². The molecule has 0 spiro atoms. The van der Waals surface area contributed by atoms with Gasteiger partial charge in [0.1, 0.15) is 11.0 Å². The van der Waals surface area contributed by atoms with Gasteiger partial charge in [0.05, 0.1) is 6.61 Å². The largest absolute Gasteiger partial charge is 0.465 e. The van der Waals surface area contributed by atoms with Crippen molar-refractivity contribution in [3.8, 4) is 0 Å². The van der Waals surface area contributed by atoms with Crippen LogP contribution in [-0.2, 0) is 23.8 Å². The molecule has 1 fully saturated rings. The van der Waals surface area contributed by atoms with E-state index >= 15 is 0 Å². The number of hydrogen-bond acceptors (Lipinski definition) is 5. The van der Waals surface area contributed by atoms with Crippen molar-refractivity contribution in [2.45, 2.75) is 39.2 Å². The van der Waals surface area contributed by atoms with E-state index in [0.29, 0.717) is 26.1 Å². The van der Waals surface area contributed by atoms with E-state index in [-0.39, 0.29) is 12.4 Å². The van der Waals surface area contributed by atoms with E-state index in [1.807, 2.05) is 0 Å². The number of carbonyl (C=O) groups excluding carboxylic acids is 2. The molecule has 5 nitrogen and oxygen atoms in total. The molecule has 0 amide bonds. The van der Waals surface area contributed by atoms with Gasteiger partial charge in [-0.2, -0.15) is 0 Å². The van der Waals surface area contributed by atoms with Crippen LogP contribution in [0.5, 0.6) is 0 Å². The minimum atomic E-state index is -1.19. The third-order valence-electron chi connectivity index (χ3n) is 3.46. The number of ether oxygens (including phenoxy) is 3. The Labute approximate surface area is 108 Å². The van der Waals surface area contributed by atoms with E-state index in [2.05, 4.69) is 0 Å². The van der Waals surface area contributed by atoms with Crippen LogP contribution in [0.25, 0.3) is 0 Å². The summed E-state index contributed by atoms with van der Waals surface area (Å²) in [5.41, 5.74) is -2.11. The van der Waals surface area contributed by atoms with Crippen molar-refractivity contribution in [1.29, 1.82) is 0 Å². The summed E-state index contributed by atoms with van der Waals surface area (Å²) in [7, 11) is 1.50. The molecular weight excluding hydrogens is 236 g/mol. The molecule has 18 heavy (non-hydrogen) atoms. The standard InChI is InChI=1S/C13H22O5/c1-5-18-11(15)12(2,3)10(14)13(16-4)6-8-17-9-7-13/h5-9H2,1-4H3. The monoisotopic (exact) mass is 258 g/mol. The molecule has 0 saturated carbocycles. The summed E-state index contributed by atoms with van der Waals surface area (Å²) in [6.07, 6.45) is 0.955. The lowest BCUT2D eigenvalue weighted by Gasteiger charge is -2.38. The summed E-state index contributed by atoms with van der Waals surface area (Å²) >= 11 is 0. The minimum Gasteiger partial charge on any atom is -0.465 e. The second-order valence-electron chi connectivity index (χ2n) is 4.99. The Kier molecular flexibility index (Phi) is 4.87. The molecule has 0 aliphatic carbocycles. The molecule has 0 N–H and O–H groups in total. The quantitative estimate of drug-likeness (QED) is 0.550. The Morgan fingerprint density at radius 3 is 2.28 bits per heavy atom. The molecule has 0 unspecified atom stereocenters. The molecule has 1 aliphatic rings. The summed E-state index contributed by atoms with van der Waals surface area (Å²) in [4.78, 5) is 24.5. The molecule has 5 heteroatoms. The molecule has 1 rings (SSSR count). The van der Waals surface area contributed by atoms with Crippen LogP contribution < -0.4 is 0 Å². The first-order valence-electron chi connectivity index (χ1n) is 6.25. The molecule has 0 atom stereocenters. The van der Waals surface area contributed by atoms with Crippen LogP contribution in [0.1, 0.15) is 33.6 Å². The van der Waals surface area contributed by atoms with Gasteiger partial charge in [0.15, 0.2) is 5.78 Å². The first kappa shape index (κ1) is 15.1. The van der Waals surface area contributed by atoms with Crippen LogP contribution in [0, 0.1) is 5.41 Å². The molecule has 0 aromatic carbocycles. The van der Waals surface area contributed by atoms with Crippen molar-refractivity contribution in [2.75, 3.05) is 26.9 Å². The van der Waals surface area contributed by atoms with Crippen LogP contribution >= 0.6 is 0 Å². The first-order chi connectivity index (χ1) is 8.40. The number of hydrogen-bond donors (Lipinski definition) is 0. The zero-order chi connectivity index (χ0) is 13.8. The van der Waals surface area contributed by atoms with Gasteiger partial charge in [0.25, 0.3) is 0 Å². The maximum atomic E-state index is 12.6. The maximum Gasteiger partial charge on any atom is 0.319 e. The summed E-state index contributed by atoms with van der Waals surface area (Å²) in [5.74, 6) is -0.725. The number of methoxy groups -OCH3 is 1. The average molecular weight is 258 g/mol. The highest BCUT2D eigenvalue weighted by Gasteiger charge is 2.51. The second-order valence-corrected chi connectivity index (χ2v) is 4.99. The van der Waals surface area contributed by atoms with E-state index in [9.17, 15) is 9.59 Å². The van der Waals surface area contributed by atoms with E-state index in [1.54, 1.807) is 20.8 Å². The van der Waals surface area contributed by atoms with Crippen LogP contribution in [0.4, 0.5) is 0 Å². The molecule has 1 heterocycles. The number of ketones is 1. The molecule has 1 aliphatic heterocycles. The van der Waals surface area contributed by atoms with E-state index in [0.717, 1.165) is 0 Å². The Balaban J connectivity index is 2.92. The zero-order valence-corrected chi connectivity index (χ0v) is 11.6. The Morgan fingerprint density at radius 1 is 1.28 bits per heavy atom. The highest BCUT2D eigenvalue weighted by molar-refractivity contribution is 6.07. The van der Waals surface area contributed by atoms with Crippen LogP contribution in [0.15, 0.2) is 0 Å². The first-order valence-corrected chi connectivity index (χ1v) is 6.25. The van der Waals surface area contributed by atoms with Crippen LogP contribution in [0.2, 0.25) is 0 Å². The smallest absolute Gasteiger partial charge is 0.319 e. The summed E-state index contributed by atoms with van der Waals surface area (Å²) in [6.45, 7) is 6.10. The number of carbonyl (C=O) groups is 2. The predicted molar refractivity (Wildman–Crippen MR) is 65.2 cm³/mol. The van der Waals surface area contributed by atoms with Gasteiger partial charge in [-0.05, 0) is 20.8 Å². The van der Waals surface area contributed by atoms with Crippen molar-refractivity contribution in [3.05, 3.63) is 0 Å². The van der Waals surface area contributed by atoms with Gasteiger partial charge in [-0.25, -0.2) is 0 Å². The lowest BCUT2D eigenvalue weighted by Crippen LogP contribution is -2.54. The highest BCUT2D eigenvalue weighted by Crippen LogP contribution is 2.34. The topological polar surface area (TPSA) is 61.8 Å². The third kappa shape index (κ3) is 2.72. The molecule has 1 saturated heterocycles. The van der Waals surface area contributed by atoms with E-state index in [1.165, 1.54) is 7.11 Å². The van der Waals surface area contributed by atoms with Gasteiger partial charge >= 0.3 is 5.97 Å². The van der Waals surface area contributed by atoms with Crippen LogP contribution in [0.3, 0.4) is 0 Å². The average Bonchev–Trinajstić information content (AvgIpc) is 2.38. The van der Waals surface area contributed by atoms with Crippen molar-refractivity contribution in [2.24, 2.45) is 5.41 Å². The molecule has 0 radical (unpaired) electrons. The van der Waals surface area contributed by atoms with Gasteiger partial charge in [-0.15, -0.1) is 0 Å². The lowest BCUT2D eigenvalue weighted by atomic mass is 9.75. The number of esters is 1. The molecule has 0 aromatic rings. The lowest BCUT2D eigenvalue weighted by molar-refractivity contribution is -0.173. The van der Waals surface area contributed by atoms with Gasteiger partial charge in [0.2, 0.25) is 0 Å². The van der Waals surface area contributed by atoms with Crippen molar-refractivity contribution in [1.82, 2.24) is 0 Å². The molecule has 104 valence electrons. The summed E-state index contributed by atoms with van der Waals surface area (Å²) in [6, 6.07) is 0. The fourth-order valence-electron chi connectivity index (χ4n) is 2.20. The molecule has 0 aromatic heterocycles. The molecule has 0 bridgehead atoms. The highest BCUT2D eigenvalue weighted by atomic mass is 16.5. The Morgan fingerprint density at radius 2 is 1.83 bits per heavy atom. The normalized spacial score (nSPS) is 19.3. The fraction of sp³-hybridized carbons (Fsp3) is 0.846. The van der Waals surface area contributed by atoms with Crippen molar-refractivity contribution >= 4 is 11.8 Å². The summed E-state index contributed by atoms with van der Waals surface area (Å²) < 4.78 is 15.6. The van der Waals surface area contributed by atoms with Gasteiger partial charge < -0.3 is 14.2 Å². The minimum absolute atomic E-state index is 0.223. The summed E-state index contributed by atoms with van der Waals surface area (Å²) in [5, 5.41) is 0. The predicted octanol–water partition coefficient (Wildman–Crippen LogP) is 1.34. The van der Waals surface area contributed by atoms with E-state index in [4.69, 9.17) is 14.2 Å². The fourth-order valence-corrected chi connectivity index (χ4v) is 2.20. The van der Waals surface area contributed by atoms with Gasteiger partial charge in [-0.3, -0.25) is 9.59 Å². The Hall–Kier alpha value is -0.940. The second kappa shape index (κ2) is 5.80. The van der Waals surface area contributed by atoms with Crippen molar-refractivity contribution < 1.29 is 23.8 Å². The van der Waals surface area contributed by atoms with Crippen molar-refractivity contribution in [3.63, 3.8) is 0 Å². The van der Waals surface area contributed by atoms with E-state index < -0.39 is 17.0 Å². The van der Waals surface area contributed by atoms with Gasteiger partial charge in [-0.1, -0.05) is 0 Å².